The Kier molecular flexibility index (Phi) is 6.35. The van der Waals surface area contributed by atoms with Crippen LogP contribution in [0.2, 0.25) is 0 Å². The largest absolute Gasteiger partial charge is 0.478 e. The molecular formula is C25H24N4O4. The van der Waals surface area contributed by atoms with E-state index < -0.39 is 17.8 Å². The van der Waals surface area contributed by atoms with Crippen LogP contribution in [0.1, 0.15) is 50.3 Å². The van der Waals surface area contributed by atoms with Crippen LogP contribution < -0.4 is 16.0 Å². The number of carbonyl (C=O) groups excluding carboxylic acids is 2. The summed E-state index contributed by atoms with van der Waals surface area (Å²) in [6.45, 7) is 1.88. The number of carboxylic acid groups (broad SMARTS) is 1. The molecule has 1 aromatic heterocycles. The maximum Gasteiger partial charge on any atom is 0.335 e. The number of hydrogen-bond acceptors (Lipinski definition) is 5. The predicted molar refractivity (Wildman–Crippen MR) is 126 cm³/mol. The molecule has 1 saturated heterocycles. The summed E-state index contributed by atoms with van der Waals surface area (Å²) < 4.78 is 0. The molecule has 4 N–H and O–H groups in total. The van der Waals surface area contributed by atoms with Gasteiger partial charge in [-0.15, -0.1) is 0 Å². The van der Waals surface area contributed by atoms with Crippen LogP contribution in [0.5, 0.6) is 0 Å². The van der Waals surface area contributed by atoms with E-state index in [1.807, 2.05) is 12.1 Å². The molecule has 0 unspecified atom stereocenters. The highest BCUT2D eigenvalue weighted by Crippen LogP contribution is 2.33. The van der Waals surface area contributed by atoms with E-state index in [2.05, 4.69) is 15.2 Å². The molecule has 2 heterocycles. The van der Waals surface area contributed by atoms with E-state index in [-0.39, 0.29) is 16.7 Å². The zero-order valence-corrected chi connectivity index (χ0v) is 18.0. The minimum atomic E-state index is -1.06. The first kappa shape index (κ1) is 22.0. The predicted octanol–water partition coefficient (Wildman–Crippen LogP) is 3.79. The van der Waals surface area contributed by atoms with Crippen molar-refractivity contribution < 1.29 is 19.5 Å². The van der Waals surface area contributed by atoms with Gasteiger partial charge < -0.3 is 21.1 Å². The second-order valence-corrected chi connectivity index (χ2v) is 7.91. The van der Waals surface area contributed by atoms with E-state index in [0.29, 0.717) is 16.9 Å². The van der Waals surface area contributed by atoms with Gasteiger partial charge in [-0.3, -0.25) is 14.6 Å². The number of nitrogens with one attached hydrogen (secondary N) is 1. The van der Waals surface area contributed by atoms with E-state index >= 15 is 0 Å². The van der Waals surface area contributed by atoms with E-state index in [4.69, 9.17) is 5.73 Å². The summed E-state index contributed by atoms with van der Waals surface area (Å²) in [6.07, 6.45) is 4.85. The first-order valence-corrected chi connectivity index (χ1v) is 10.7. The minimum Gasteiger partial charge on any atom is -0.478 e. The van der Waals surface area contributed by atoms with E-state index in [0.717, 1.165) is 31.6 Å². The zero-order valence-electron chi connectivity index (χ0n) is 18.0. The van der Waals surface area contributed by atoms with Crippen molar-refractivity contribution in [2.75, 3.05) is 23.3 Å². The van der Waals surface area contributed by atoms with Crippen molar-refractivity contribution >= 4 is 29.2 Å². The van der Waals surface area contributed by atoms with Gasteiger partial charge in [-0.05, 0) is 67.8 Å². The lowest BCUT2D eigenvalue weighted by Gasteiger charge is -2.29. The number of primary amides is 1. The molecule has 1 aliphatic rings. The third kappa shape index (κ3) is 5.01. The van der Waals surface area contributed by atoms with Crippen LogP contribution in [0.3, 0.4) is 0 Å². The van der Waals surface area contributed by atoms with Crippen LogP contribution in [0.25, 0.3) is 11.3 Å². The Morgan fingerprint density at radius 1 is 0.909 bits per heavy atom. The maximum atomic E-state index is 12.9. The van der Waals surface area contributed by atoms with Crippen molar-refractivity contribution in [3.05, 3.63) is 77.5 Å². The molecule has 2 aromatic carbocycles. The van der Waals surface area contributed by atoms with Crippen LogP contribution in [0, 0.1) is 0 Å². The van der Waals surface area contributed by atoms with Gasteiger partial charge >= 0.3 is 5.97 Å². The molecule has 168 valence electrons. The number of rotatable bonds is 6. The average molecular weight is 444 g/mol. The molecule has 0 aliphatic carbocycles. The van der Waals surface area contributed by atoms with Gasteiger partial charge in [-0.1, -0.05) is 6.07 Å². The third-order valence-electron chi connectivity index (χ3n) is 5.66. The van der Waals surface area contributed by atoms with Crippen LogP contribution in [-0.2, 0) is 0 Å². The number of anilines is 2. The SMILES string of the molecule is NC(=O)c1cccc(C(=O)Nc2ccc(N3CCCCC3)cc2-c2cc(C(=O)O)ccn2)c1. The lowest BCUT2D eigenvalue weighted by Crippen LogP contribution is -2.29. The van der Waals surface area contributed by atoms with Crippen molar-refractivity contribution in [1.29, 1.82) is 0 Å². The third-order valence-corrected chi connectivity index (χ3v) is 5.66. The molecule has 2 amide bonds. The number of nitrogens with two attached hydrogens (primary N) is 1. The smallest absolute Gasteiger partial charge is 0.335 e. The quantitative estimate of drug-likeness (QED) is 0.531. The highest BCUT2D eigenvalue weighted by atomic mass is 16.4. The van der Waals surface area contributed by atoms with Gasteiger partial charge in [-0.2, -0.15) is 0 Å². The van der Waals surface area contributed by atoms with Crippen molar-refractivity contribution in [2.24, 2.45) is 5.73 Å². The number of aromatic nitrogens is 1. The molecule has 0 spiro atoms. The number of carboxylic acids is 1. The molecule has 0 radical (unpaired) electrons. The van der Waals surface area contributed by atoms with Crippen molar-refractivity contribution in [2.45, 2.75) is 19.3 Å². The number of pyridine rings is 1. The molecule has 3 aromatic rings. The van der Waals surface area contributed by atoms with Gasteiger partial charge in [-0.25, -0.2) is 4.79 Å². The molecule has 1 aliphatic heterocycles. The Hall–Kier alpha value is -4.20. The molecule has 8 nitrogen and oxygen atoms in total. The second-order valence-electron chi connectivity index (χ2n) is 7.91. The molecule has 0 bridgehead atoms. The number of nitrogens with zero attached hydrogens (tertiary/aromatic N) is 2. The number of piperidine rings is 1. The van der Waals surface area contributed by atoms with Gasteiger partial charge in [0.1, 0.15) is 0 Å². The number of hydrogen-bond donors (Lipinski definition) is 3. The number of aromatic carboxylic acids is 1. The highest BCUT2D eigenvalue weighted by molar-refractivity contribution is 6.08. The van der Waals surface area contributed by atoms with E-state index in [1.165, 1.54) is 30.8 Å². The number of carbonyl (C=O) groups is 3. The van der Waals surface area contributed by atoms with Crippen LogP contribution in [0.4, 0.5) is 11.4 Å². The summed E-state index contributed by atoms with van der Waals surface area (Å²) in [5.74, 6) is -2.09. The summed E-state index contributed by atoms with van der Waals surface area (Å²) in [4.78, 5) is 42.5. The van der Waals surface area contributed by atoms with Crippen molar-refractivity contribution in [3.8, 4) is 11.3 Å². The number of benzene rings is 2. The topological polar surface area (TPSA) is 126 Å². The molecule has 1 fully saturated rings. The summed E-state index contributed by atoms with van der Waals surface area (Å²) in [7, 11) is 0. The highest BCUT2D eigenvalue weighted by Gasteiger charge is 2.18. The molecule has 0 atom stereocenters. The molecule has 4 rings (SSSR count). The average Bonchev–Trinajstić information content (AvgIpc) is 2.85. The summed E-state index contributed by atoms with van der Waals surface area (Å²) in [5, 5.41) is 12.3. The lowest BCUT2D eigenvalue weighted by molar-refractivity contribution is 0.0696. The Bertz CT molecular complexity index is 1220. The molecule has 8 heteroatoms. The Morgan fingerprint density at radius 2 is 1.67 bits per heavy atom. The zero-order chi connectivity index (χ0) is 23.4. The first-order valence-electron chi connectivity index (χ1n) is 10.7. The standard InChI is InChI=1S/C25H24N4O4/c26-23(30)16-5-4-6-17(13-16)24(31)28-21-8-7-19(29-11-2-1-3-12-29)15-20(21)22-14-18(25(32)33)9-10-27-22/h4-10,13-15H,1-3,11-12H2,(H2,26,30)(H,28,31)(H,32,33). The normalized spacial score (nSPS) is 13.4. The van der Waals surface area contributed by atoms with Crippen LogP contribution >= 0.6 is 0 Å². The van der Waals surface area contributed by atoms with E-state index in [1.54, 1.807) is 24.3 Å². The fraction of sp³-hybridized carbons (Fsp3) is 0.200. The van der Waals surface area contributed by atoms with Gasteiger partial charge in [0.25, 0.3) is 5.91 Å². The van der Waals surface area contributed by atoms with Crippen LogP contribution in [0.15, 0.2) is 60.8 Å². The monoisotopic (exact) mass is 444 g/mol. The lowest BCUT2D eigenvalue weighted by atomic mass is 10.0. The first-order chi connectivity index (χ1) is 15.9. The van der Waals surface area contributed by atoms with Crippen LogP contribution in [-0.4, -0.2) is 41.0 Å². The van der Waals surface area contributed by atoms with E-state index in [9.17, 15) is 19.5 Å². The maximum absolute atomic E-state index is 12.9. The van der Waals surface area contributed by atoms with Crippen molar-refractivity contribution in [1.82, 2.24) is 4.98 Å². The second kappa shape index (κ2) is 9.52. The van der Waals surface area contributed by atoms with Gasteiger partial charge in [0, 0.05) is 41.7 Å². The fourth-order valence-corrected chi connectivity index (χ4v) is 3.92. The molecule has 0 saturated carbocycles. The molecule has 33 heavy (non-hydrogen) atoms. The Labute approximate surface area is 191 Å². The summed E-state index contributed by atoms with van der Waals surface area (Å²) in [5.41, 5.74) is 8.48. The van der Waals surface area contributed by atoms with Gasteiger partial charge in [0.2, 0.25) is 5.91 Å². The minimum absolute atomic E-state index is 0.106. The van der Waals surface area contributed by atoms with Gasteiger partial charge in [0.15, 0.2) is 0 Å². The summed E-state index contributed by atoms with van der Waals surface area (Å²) >= 11 is 0. The summed E-state index contributed by atoms with van der Waals surface area (Å²) in [6, 6.07) is 14.7. The molecular weight excluding hydrogens is 420 g/mol. The fourth-order valence-electron chi connectivity index (χ4n) is 3.92. The Balaban J connectivity index is 1.73. The van der Waals surface area contributed by atoms with Gasteiger partial charge in [0.05, 0.1) is 16.9 Å². The number of amides is 2. The Morgan fingerprint density at radius 3 is 2.39 bits per heavy atom. The van der Waals surface area contributed by atoms with Crippen molar-refractivity contribution in [3.63, 3.8) is 0 Å².